The Labute approximate surface area is 159 Å². The minimum atomic E-state index is -2.40. The Morgan fingerprint density at radius 3 is 2.46 bits per heavy atom. The van der Waals surface area contributed by atoms with E-state index in [0.29, 0.717) is 0 Å². The molecule has 3 rings (SSSR count). The van der Waals surface area contributed by atoms with Gasteiger partial charge in [0.05, 0.1) is 0 Å². The molecule has 0 aromatic heterocycles. The zero-order valence-electron chi connectivity index (χ0n) is 14.8. The first-order chi connectivity index (χ1) is 12.1. The van der Waals surface area contributed by atoms with Crippen LogP contribution in [0.4, 0.5) is 8.78 Å². The number of rotatable bonds is 7. The molecule has 0 heterocycles. The van der Waals surface area contributed by atoms with Crippen LogP contribution in [0.5, 0.6) is 0 Å². The minimum Gasteiger partial charge on any atom is -0.310 e. The molecule has 1 nitrogen and oxygen atoms in total. The van der Waals surface area contributed by atoms with Crippen molar-refractivity contribution in [2.24, 2.45) is 0 Å². The van der Waals surface area contributed by atoms with E-state index >= 15 is 0 Å². The van der Waals surface area contributed by atoms with E-state index in [9.17, 15) is 8.78 Å². The van der Waals surface area contributed by atoms with Crippen molar-refractivity contribution in [1.29, 1.82) is 0 Å². The molecule has 0 fully saturated rings. The van der Waals surface area contributed by atoms with Crippen molar-refractivity contribution < 1.29 is 8.78 Å². The smallest absolute Gasteiger partial charge is 0.263 e. The Balaban J connectivity index is 0.00000243. The molecule has 0 aliphatic rings. The van der Waals surface area contributed by atoms with Crippen LogP contribution in [0.2, 0.25) is 0 Å². The van der Waals surface area contributed by atoms with Gasteiger partial charge in [-0.15, -0.1) is 12.4 Å². The van der Waals surface area contributed by atoms with Gasteiger partial charge in [0.15, 0.2) is 0 Å². The molecule has 0 bridgehead atoms. The summed E-state index contributed by atoms with van der Waals surface area (Å²) in [5.41, 5.74) is 2.37. The third-order valence-corrected chi connectivity index (χ3v) is 4.59. The number of alkyl halides is 2. The molecule has 138 valence electrons. The summed E-state index contributed by atoms with van der Waals surface area (Å²) in [4.78, 5) is 0. The molecule has 26 heavy (non-hydrogen) atoms. The molecule has 0 aliphatic heterocycles. The van der Waals surface area contributed by atoms with Crippen LogP contribution in [0.1, 0.15) is 42.5 Å². The number of benzene rings is 3. The van der Waals surface area contributed by atoms with E-state index < -0.39 is 6.43 Å². The highest BCUT2D eigenvalue weighted by molar-refractivity contribution is 5.86. The molecule has 0 amide bonds. The minimum absolute atomic E-state index is 0. The van der Waals surface area contributed by atoms with Crippen molar-refractivity contribution in [2.45, 2.75) is 32.2 Å². The van der Waals surface area contributed by atoms with Gasteiger partial charge >= 0.3 is 0 Å². The second-order valence-corrected chi connectivity index (χ2v) is 6.39. The van der Waals surface area contributed by atoms with Gasteiger partial charge in [-0.2, -0.15) is 0 Å². The predicted molar refractivity (Wildman–Crippen MR) is 107 cm³/mol. The Kier molecular flexibility index (Phi) is 7.55. The fourth-order valence-corrected chi connectivity index (χ4v) is 3.23. The fraction of sp³-hybridized carbons (Fsp3) is 0.273. The van der Waals surface area contributed by atoms with Crippen LogP contribution in [-0.4, -0.2) is 6.54 Å². The van der Waals surface area contributed by atoms with Crippen LogP contribution in [0.15, 0.2) is 66.7 Å². The van der Waals surface area contributed by atoms with Crippen molar-refractivity contribution in [2.75, 3.05) is 6.54 Å². The summed E-state index contributed by atoms with van der Waals surface area (Å²) < 4.78 is 25.5. The van der Waals surface area contributed by atoms with Crippen LogP contribution in [0.3, 0.4) is 0 Å². The number of hydrogen-bond donors (Lipinski definition) is 1. The van der Waals surface area contributed by atoms with Crippen molar-refractivity contribution >= 4 is 23.2 Å². The maximum atomic E-state index is 12.7. The number of halogens is 3. The lowest BCUT2D eigenvalue weighted by atomic mass is 9.99. The van der Waals surface area contributed by atoms with Gasteiger partial charge in [-0.3, -0.25) is 0 Å². The summed E-state index contributed by atoms with van der Waals surface area (Å²) in [5, 5.41) is 6.07. The average molecular weight is 376 g/mol. The van der Waals surface area contributed by atoms with Crippen LogP contribution in [0, 0.1) is 0 Å². The van der Waals surface area contributed by atoms with Crippen molar-refractivity contribution in [1.82, 2.24) is 5.32 Å². The van der Waals surface area contributed by atoms with Gasteiger partial charge in [0.2, 0.25) is 0 Å². The predicted octanol–water partition coefficient (Wildman–Crippen LogP) is 6.48. The monoisotopic (exact) mass is 375 g/mol. The first kappa shape index (κ1) is 20.3. The van der Waals surface area contributed by atoms with Crippen molar-refractivity contribution in [3.05, 3.63) is 83.4 Å². The van der Waals surface area contributed by atoms with Gasteiger partial charge in [0, 0.05) is 11.6 Å². The van der Waals surface area contributed by atoms with Crippen LogP contribution in [0.25, 0.3) is 10.8 Å². The molecule has 0 saturated carbocycles. The molecule has 0 aliphatic carbocycles. The number of hydrogen-bond acceptors (Lipinski definition) is 1. The van der Waals surface area contributed by atoms with E-state index in [4.69, 9.17) is 0 Å². The third-order valence-electron chi connectivity index (χ3n) is 4.59. The third kappa shape index (κ3) is 5.03. The van der Waals surface area contributed by atoms with Gasteiger partial charge in [0.25, 0.3) is 6.43 Å². The summed E-state index contributed by atoms with van der Waals surface area (Å²) >= 11 is 0. The standard InChI is InChI=1S/C22H23F2N.ClH/c1-16(20-13-5-10-18-9-2-3-12-21(18)20)25-14-6-8-17-7-4-11-19(15-17)22(23)24;/h2-5,7,9-13,15-16,22,25H,6,8,14H2,1H3;1H/t16-;/m1./s1. The number of fused-ring (bicyclic) bond motifs is 1. The summed E-state index contributed by atoms with van der Waals surface area (Å²) in [5.74, 6) is 0. The SMILES string of the molecule is C[C@@H](NCCCc1cccc(C(F)F)c1)c1cccc2ccccc12.Cl. The van der Waals surface area contributed by atoms with E-state index in [0.717, 1.165) is 24.9 Å². The van der Waals surface area contributed by atoms with E-state index in [2.05, 4.69) is 54.7 Å². The lowest BCUT2D eigenvalue weighted by Gasteiger charge is -2.16. The Morgan fingerprint density at radius 1 is 0.923 bits per heavy atom. The van der Waals surface area contributed by atoms with E-state index in [1.54, 1.807) is 12.1 Å². The van der Waals surface area contributed by atoms with Gasteiger partial charge in [-0.25, -0.2) is 8.78 Å². The highest BCUT2D eigenvalue weighted by Crippen LogP contribution is 2.24. The largest absolute Gasteiger partial charge is 0.310 e. The molecule has 1 N–H and O–H groups in total. The maximum Gasteiger partial charge on any atom is 0.263 e. The zero-order valence-corrected chi connectivity index (χ0v) is 15.6. The van der Waals surface area contributed by atoms with Crippen LogP contribution in [-0.2, 0) is 6.42 Å². The Hall–Kier alpha value is -1.97. The molecule has 0 spiro atoms. The zero-order chi connectivity index (χ0) is 17.6. The average Bonchev–Trinajstić information content (AvgIpc) is 2.65. The Morgan fingerprint density at radius 2 is 1.65 bits per heavy atom. The van der Waals surface area contributed by atoms with Crippen LogP contribution < -0.4 is 5.32 Å². The molecule has 3 aromatic carbocycles. The molecule has 0 radical (unpaired) electrons. The lowest BCUT2D eigenvalue weighted by molar-refractivity contribution is 0.151. The van der Waals surface area contributed by atoms with Gasteiger partial charge < -0.3 is 5.32 Å². The quantitative estimate of drug-likeness (QED) is 0.466. The fourth-order valence-electron chi connectivity index (χ4n) is 3.23. The normalized spacial score (nSPS) is 12.2. The second kappa shape index (κ2) is 9.65. The van der Waals surface area contributed by atoms with Crippen molar-refractivity contribution in [3.63, 3.8) is 0 Å². The molecule has 0 unspecified atom stereocenters. The summed E-state index contributed by atoms with van der Waals surface area (Å²) in [6.45, 7) is 3.02. The second-order valence-electron chi connectivity index (χ2n) is 6.39. The van der Waals surface area contributed by atoms with Crippen molar-refractivity contribution in [3.8, 4) is 0 Å². The summed E-state index contributed by atoms with van der Waals surface area (Å²) in [7, 11) is 0. The molecule has 1 atom stereocenters. The van der Waals surface area contributed by atoms with Gasteiger partial charge in [-0.05, 0) is 48.2 Å². The topological polar surface area (TPSA) is 12.0 Å². The molecule has 4 heteroatoms. The molecular formula is C22H24ClF2N. The highest BCUT2D eigenvalue weighted by Gasteiger charge is 2.09. The maximum absolute atomic E-state index is 12.7. The molecule has 0 saturated heterocycles. The summed E-state index contributed by atoms with van der Waals surface area (Å²) in [6.07, 6.45) is -0.679. The van der Waals surface area contributed by atoms with Crippen LogP contribution >= 0.6 is 12.4 Å². The molecule has 3 aromatic rings. The first-order valence-corrected chi connectivity index (χ1v) is 8.73. The van der Waals surface area contributed by atoms with E-state index in [1.807, 2.05) is 6.07 Å². The van der Waals surface area contributed by atoms with Gasteiger partial charge in [-0.1, -0.05) is 66.7 Å². The van der Waals surface area contributed by atoms with E-state index in [-0.39, 0.29) is 24.0 Å². The van der Waals surface area contributed by atoms with Gasteiger partial charge in [0.1, 0.15) is 0 Å². The highest BCUT2D eigenvalue weighted by atomic mass is 35.5. The Bertz CT molecular complexity index is 830. The summed E-state index contributed by atoms with van der Waals surface area (Å²) in [6, 6.07) is 21.7. The lowest BCUT2D eigenvalue weighted by Crippen LogP contribution is -2.20. The number of nitrogens with one attached hydrogen (secondary N) is 1. The molecular weight excluding hydrogens is 352 g/mol. The first-order valence-electron chi connectivity index (χ1n) is 8.73. The van der Waals surface area contributed by atoms with E-state index in [1.165, 1.54) is 22.4 Å². The number of aryl methyl sites for hydroxylation is 1.